The number of aromatic nitrogens is 2. The van der Waals surface area contributed by atoms with E-state index in [4.69, 9.17) is 0 Å². The molecule has 0 saturated carbocycles. The van der Waals surface area contributed by atoms with Crippen LogP contribution >= 0.6 is 0 Å². The Kier molecular flexibility index (Phi) is 5.63. The summed E-state index contributed by atoms with van der Waals surface area (Å²) in [6, 6.07) is 10.4. The van der Waals surface area contributed by atoms with Crippen LogP contribution in [-0.2, 0) is 13.6 Å². The fourth-order valence-corrected chi connectivity index (χ4v) is 3.59. The third-order valence-corrected chi connectivity index (χ3v) is 5.23. The maximum absolute atomic E-state index is 13.5. The molecule has 1 aliphatic heterocycles. The van der Waals surface area contributed by atoms with Crippen molar-refractivity contribution >= 4 is 16.8 Å². The predicted molar refractivity (Wildman–Crippen MR) is 119 cm³/mol. The van der Waals surface area contributed by atoms with Crippen molar-refractivity contribution in [3.8, 4) is 0 Å². The van der Waals surface area contributed by atoms with E-state index in [1.54, 1.807) is 36.5 Å². The van der Waals surface area contributed by atoms with Gasteiger partial charge in [0.1, 0.15) is 5.82 Å². The lowest BCUT2D eigenvalue weighted by Crippen LogP contribution is -2.39. The number of carbonyl (C=O) groups is 1. The van der Waals surface area contributed by atoms with Crippen molar-refractivity contribution in [1.82, 2.24) is 24.9 Å². The number of hydrogen-bond donors (Lipinski definition) is 2. The Balaban J connectivity index is 1.67. The number of rotatable bonds is 5. The average molecular weight is 435 g/mol. The van der Waals surface area contributed by atoms with Crippen molar-refractivity contribution in [2.45, 2.75) is 6.54 Å². The second kappa shape index (κ2) is 8.54. The first-order valence-corrected chi connectivity index (χ1v) is 9.96. The summed E-state index contributed by atoms with van der Waals surface area (Å²) in [6.45, 7) is 0.244. The zero-order valence-corrected chi connectivity index (χ0v) is 17.6. The second-order valence-corrected chi connectivity index (χ2v) is 7.55. The highest BCUT2D eigenvalue weighted by Crippen LogP contribution is 2.12. The minimum Gasteiger partial charge on any atom is -0.348 e. The van der Waals surface area contributed by atoms with Gasteiger partial charge in [0.25, 0.3) is 11.5 Å². The molecule has 0 atom stereocenters. The zero-order valence-electron chi connectivity index (χ0n) is 17.6. The Morgan fingerprint density at radius 3 is 2.69 bits per heavy atom. The number of nitrogens with zero attached hydrogens (tertiary/aromatic N) is 3. The number of carbonyl (C=O) groups excluding carboxylic acids is 1. The minimum absolute atomic E-state index is 0.0718. The number of amides is 1. The largest absolute Gasteiger partial charge is 0.348 e. The lowest BCUT2D eigenvalue weighted by atomic mass is 10.1. The Bertz CT molecular complexity index is 1390. The van der Waals surface area contributed by atoms with Crippen LogP contribution in [-0.4, -0.2) is 33.6 Å². The number of hydrogen-bond acceptors (Lipinski definition) is 5. The van der Waals surface area contributed by atoms with E-state index in [-0.39, 0.29) is 17.8 Å². The van der Waals surface area contributed by atoms with Gasteiger partial charge in [-0.05, 0) is 47.5 Å². The molecule has 2 N–H and O–H groups in total. The quantitative estimate of drug-likeness (QED) is 0.634. The van der Waals surface area contributed by atoms with Crippen LogP contribution in [0.4, 0.5) is 4.39 Å². The summed E-state index contributed by atoms with van der Waals surface area (Å²) in [7, 11) is 3.39. The van der Waals surface area contributed by atoms with Gasteiger partial charge in [-0.3, -0.25) is 23.7 Å². The van der Waals surface area contributed by atoms with Crippen LogP contribution in [0.15, 0.2) is 76.1 Å². The Hall–Kier alpha value is -4.14. The number of nitrogens with one attached hydrogen (secondary N) is 2. The third kappa shape index (κ3) is 4.18. The van der Waals surface area contributed by atoms with Crippen LogP contribution < -0.4 is 22.0 Å². The first-order chi connectivity index (χ1) is 15.3. The van der Waals surface area contributed by atoms with Crippen molar-refractivity contribution < 1.29 is 9.18 Å². The molecule has 2 aromatic carbocycles. The molecular weight excluding hydrogens is 413 g/mol. The van der Waals surface area contributed by atoms with Crippen LogP contribution in [0.3, 0.4) is 0 Å². The normalized spacial score (nSPS) is 13.1. The van der Waals surface area contributed by atoms with Crippen molar-refractivity contribution in [2.75, 3.05) is 13.6 Å². The highest BCUT2D eigenvalue weighted by Gasteiger charge is 2.15. The molecule has 1 amide bonds. The van der Waals surface area contributed by atoms with E-state index >= 15 is 0 Å². The van der Waals surface area contributed by atoms with Gasteiger partial charge in [0.15, 0.2) is 0 Å². The van der Waals surface area contributed by atoms with E-state index in [1.165, 1.54) is 28.8 Å². The molecule has 0 radical (unpaired) electrons. The molecule has 0 bridgehead atoms. The standard InChI is InChI=1S/C23H22FN5O3/c1-27-13-16(8-9-26-27)12-25-21(30)17-6-7-20-19(11-17)22(31)29(23(32)28(20)2)14-15-4-3-5-18(24)10-15/h3-11,13,26H,12,14H2,1-2H3,(H,25,30). The van der Waals surface area contributed by atoms with Crippen LogP contribution in [0.25, 0.3) is 10.9 Å². The molecule has 9 heteroatoms. The van der Waals surface area contributed by atoms with Gasteiger partial charge in [0.2, 0.25) is 0 Å². The van der Waals surface area contributed by atoms with Gasteiger partial charge >= 0.3 is 5.69 Å². The summed E-state index contributed by atoms with van der Waals surface area (Å²) in [5.74, 6) is -0.788. The van der Waals surface area contributed by atoms with E-state index in [2.05, 4.69) is 10.7 Å². The molecule has 3 aromatic rings. The van der Waals surface area contributed by atoms with E-state index in [9.17, 15) is 18.8 Å². The summed E-state index contributed by atoms with van der Waals surface area (Å²) >= 11 is 0. The first-order valence-electron chi connectivity index (χ1n) is 9.96. The highest BCUT2D eigenvalue weighted by atomic mass is 19.1. The maximum Gasteiger partial charge on any atom is 0.331 e. The lowest BCUT2D eigenvalue weighted by Gasteiger charge is -2.19. The summed E-state index contributed by atoms with van der Waals surface area (Å²) in [5, 5.41) is 4.82. The molecule has 0 unspecified atom stereocenters. The van der Waals surface area contributed by atoms with E-state index in [0.29, 0.717) is 23.2 Å². The summed E-state index contributed by atoms with van der Waals surface area (Å²) in [4.78, 5) is 38.5. The van der Waals surface area contributed by atoms with E-state index in [0.717, 1.165) is 10.1 Å². The molecular formula is C23H22FN5O3. The fourth-order valence-electron chi connectivity index (χ4n) is 3.59. The van der Waals surface area contributed by atoms with E-state index in [1.807, 2.05) is 19.3 Å². The predicted octanol–water partition coefficient (Wildman–Crippen LogP) is 1.46. The molecule has 0 aliphatic carbocycles. The number of aryl methyl sites for hydroxylation is 1. The van der Waals surface area contributed by atoms with E-state index < -0.39 is 17.1 Å². The van der Waals surface area contributed by atoms with Gasteiger partial charge in [-0.1, -0.05) is 12.1 Å². The Morgan fingerprint density at radius 1 is 1.12 bits per heavy atom. The first kappa shape index (κ1) is 21.1. The molecule has 0 spiro atoms. The minimum atomic E-state index is -0.535. The number of halogens is 1. The van der Waals surface area contributed by atoms with Crippen molar-refractivity contribution in [3.05, 3.63) is 104 Å². The number of hydrazine groups is 1. The highest BCUT2D eigenvalue weighted by molar-refractivity contribution is 5.98. The molecule has 4 rings (SSSR count). The Morgan fingerprint density at radius 2 is 1.94 bits per heavy atom. The smallest absolute Gasteiger partial charge is 0.331 e. The van der Waals surface area contributed by atoms with Gasteiger partial charge in [-0.25, -0.2) is 9.18 Å². The third-order valence-electron chi connectivity index (χ3n) is 5.23. The molecule has 164 valence electrons. The average Bonchev–Trinajstić information content (AvgIpc) is 2.78. The zero-order chi connectivity index (χ0) is 22.8. The molecule has 1 aromatic heterocycles. The molecule has 2 heterocycles. The fraction of sp³-hybridized carbons (Fsp3) is 0.174. The molecule has 1 aliphatic rings. The van der Waals surface area contributed by atoms with Crippen molar-refractivity contribution in [1.29, 1.82) is 0 Å². The van der Waals surface area contributed by atoms with Gasteiger partial charge in [0, 0.05) is 38.6 Å². The van der Waals surface area contributed by atoms with Gasteiger partial charge in [0.05, 0.1) is 17.4 Å². The number of benzene rings is 2. The second-order valence-electron chi connectivity index (χ2n) is 7.55. The van der Waals surface area contributed by atoms with Crippen LogP contribution in [0.5, 0.6) is 0 Å². The van der Waals surface area contributed by atoms with Crippen LogP contribution in [0.2, 0.25) is 0 Å². The van der Waals surface area contributed by atoms with Crippen molar-refractivity contribution in [2.24, 2.45) is 7.05 Å². The Labute approximate surface area is 182 Å². The summed E-state index contributed by atoms with van der Waals surface area (Å²) < 4.78 is 15.9. The van der Waals surface area contributed by atoms with Gasteiger partial charge in [-0.15, -0.1) is 0 Å². The number of fused-ring (bicyclic) bond motifs is 1. The SMILES string of the molecule is CN1C=C(CNC(=O)c2ccc3c(c2)c(=O)n(Cc2cccc(F)c2)c(=O)n3C)C=CN1. The summed E-state index contributed by atoms with van der Waals surface area (Å²) in [5.41, 5.74) is 4.03. The summed E-state index contributed by atoms with van der Waals surface area (Å²) in [6.07, 6.45) is 5.46. The molecule has 8 nitrogen and oxygen atoms in total. The van der Waals surface area contributed by atoms with Gasteiger partial charge < -0.3 is 10.7 Å². The van der Waals surface area contributed by atoms with Crippen LogP contribution in [0, 0.1) is 5.82 Å². The maximum atomic E-state index is 13.5. The molecule has 0 saturated heterocycles. The topological polar surface area (TPSA) is 88.4 Å². The molecule has 32 heavy (non-hydrogen) atoms. The lowest BCUT2D eigenvalue weighted by molar-refractivity contribution is 0.0957. The van der Waals surface area contributed by atoms with Crippen LogP contribution in [0.1, 0.15) is 15.9 Å². The molecule has 0 fully saturated rings. The monoisotopic (exact) mass is 435 g/mol. The van der Waals surface area contributed by atoms with Crippen molar-refractivity contribution in [3.63, 3.8) is 0 Å². The van der Waals surface area contributed by atoms with Gasteiger partial charge in [-0.2, -0.15) is 0 Å².